The third-order valence-electron chi connectivity index (χ3n) is 3.51. The first kappa shape index (κ1) is 14.3. The van der Waals surface area contributed by atoms with Crippen LogP contribution in [-0.4, -0.2) is 23.0 Å². The quantitative estimate of drug-likeness (QED) is 0.743. The van der Waals surface area contributed by atoms with Crippen molar-refractivity contribution >= 4 is 16.9 Å². The number of rotatable bonds is 4. The van der Waals surface area contributed by atoms with Crippen LogP contribution in [0.1, 0.15) is 11.3 Å². The molecule has 0 radical (unpaired) electrons. The Morgan fingerprint density at radius 1 is 1.23 bits per heavy atom. The van der Waals surface area contributed by atoms with Crippen molar-refractivity contribution in [1.29, 1.82) is 0 Å². The van der Waals surface area contributed by atoms with E-state index in [1.54, 1.807) is 24.1 Å². The summed E-state index contributed by atoms with van der Waals surface area (Å²) in [6.07, 6.45) is 0.156. The average Bonchev–Trinajstić information content (AvgIpc) is 2.90. The molecule has 1 heterocycles. The first-order valence-electron chi connectivity index (χ1n) is 6.95. The van der Waals surface area contributed by atoms with Crippen LogP contribution in [0.15, 0.2) is 53.1 Å². The number of aromatic nitrogens is 1. The minimum absolute atomic E-state index is 0.0942. The average molecular weight is 298 g/mol. The van der Waals surface area contributed by atoms with E-state index in [-0.39, 0.29) is 18.1 Å². The second-order valence-electron chi connectivity index (χ2n) is 5.18. The largest absolute Gasteiger partial charge is 0.356 e. The molecule has 1 amide bonds. The summed E-state index contributed by atoms with van der Waals surface area (Å²) in [5.41, 5.74) is 2.03. The molecule has 0 unspecified atom stereocenters. The molecule has 0 aliphatic carbocycles. The molecule has 2 aromatic carbocycles. The highest BCUT2D eigenvalue weighted by Crippen LogP contribution is 2.18. The lowest BCUT2D eigenvalue weighted by atomic mass is 10.1. The fourth-order valence-electron chi connectivity index (χ4n) is 2.34. The summed E-state index contributed by atoms with van der Waals surface area (Å²) in [5, 5.41) is 4.80. The number of likely N-dealkylation sites (N-methyl/N-ethyl adjacent to an activating group) is 1. The van der Waals surface area contributed by atoms with Gasteiger partial charge in [0.1, 0.15) is 11.5 Å². The maximum absolute atomic E-state index is 13.2. The van der Waals surface area contributed by atoms with E-state index in [4.69, 9.17) is 4.52 Å². The number of fused-ring (bicyclic) bond motifs is 1. The van der Waals surface area contributed by atoms with E-state index >= 15 is 0 Å². The summed E-state index contributed by atoms with van der Waals surface area (Å²) in [6, 6.07) is 13.7. The Labute approximate surface area is 127 Å². The molecule has 1 aromatic heterocycles. The molecule has 0 bridgehead atoms. The molecule has 0 saturated carbocycles. The molecule has 22 heavy (non-hydrogen) atoms. The highest BCUT2D eigenvalue weighted by molar-refractivity contribution is 5.86. The molecule has 0 aliphatic heterocycles. The normalized spacial score (nSPS) is 10.8. The van der Waals surface area contributed by atoms with Crippen LogP contribution in [0.25, 0.3) is 11.0 Å². The van der Waals surface area contributed by atoms with Crippen LogP contribution < -0.4 is 0 Å². The van der Waals surface area contributed by atoms with Crippen molar-refractivity contribution in [3.63, 3.8) is 0 Å². The van der Waals surface area contributed by atoms with Gasteiger partial charge in [0.2, 0.25) is 5.91 Å². The zero-order chi connectivity index (χ0) is 15.5. The van der Waals surface area contributed by atoms with Gasteiger partial charge in [0.15, 0.2) is 5.58 Å². The zero-order valence-corrected chi connectivity index (χ0v) is 12.1. The van der Waals surface area contributed by atoms with Gasteiger partial charge in [-0.15, -0.1) is 0 Å². The van der Waals surface area contributed by atoms with Gasteiger partial charge >= 0.3 is 0 Å². The molecule has 0 spiro atoms. The second kappa shape index (κ2) is 5.97. The number of hydrogen-bond acceptors (Lipinski definition) is 3. The maximum Gasteiger partial charge on any atom is 0.228 e. The Bertz CT molecular complexity index is 813. The number of carbonyl (C=O) groups excluding carboxylic acids is 1. The molecule has 0 N–H and O–H groups in total. The molecule has 0 aliphatic rings. The summed E-state index contributed by atoms with van der Waals surface area (Å²) in [7, 11) is 1.69. The molecule has 3 aromatic rings. The summed E-state index contributed by atoms with van der Waals surface area (Å²) < 4.78 is 18.4. The third kappa shape index (κ3) is 2.98. The maximum atomic E-state index is 13.2. The monoisotopic (exact) mass is 298 g/mol. The lowest BCUT2D eigenvalue weighted by molar-refractivity contribution is -0.129. The zero-order valence-electron chi connectivity index (χ0n) is 12.1. The van der Waals surface area contributed by atoms with Crippen molar-refractivity contribution in [2.24, 2.45) is 0 Å². The fourth-order valence-corrected chi connectivity index (χ4v) is 2.34. The van der Waals surface area contributed by atoms with Crippen molar-refractivity contribution in [3.8, 4) is 0 Å². The van der Waals surface area contributed by atoms with Gasteiger partial charge in [-0.05, 0) is 29.8 Å². The standard InChI is InChI=1S/C17H15FN2O2/c1-20(11-12-5-4-6-13(18)9-12)17(21)10-15-14-7-2-3-8-16(14)22-19-15/h2-9H,10-11H2,1H3. The van der Waals surface area contributed by atoms with Crippen LogP contribution in [0.2, 0.25) is 0 Å². The van der Waals surface area contributed by atoms with E-state index in [0.717, 1.165) is 10.9 Å². The van der Waals surface area contributed by atoms with Crippen molar-refractivity contribution in [3.05, 3.63) is 65.6 Å². The first-order valence-corrected chi connectivity index (χ1v) is 6.95. The lowest BCUT2D eigenvalue weighted by Gasteiger charge is -2.16. The minimum atomic E-state index is -0.305. The third-order valence-corrected chi connectivity index (χ3v) is 3.51. The number of carbonyl (C=O) groups is 1. The van der Waals surface area contributed by atoms with Gasteiger partial charge in [-0.3, -0.25) is 4.79 Å². The van der Waals surface area contributed by atoms with Gasteiger partial charge in [-0.2, -0.15) is 0 Å². The number of para-hydroxylation sites is 1. The Kier molecular flexibility index (Phi) is 3.87. The van der Waals surface area contributed by atoms with E-state index in [2.05, 4.69) is 5.16 Å². The molecule has 112 valence electrons. The van der Waals surface area contributed by atoms with Crippen LogP contribution in [0.4, 0.5) is 4.39 Å². The van der Waals surface area contributed by atoms with Gasteiger partial charge in [0, 0.05) is 19.0 Å². The Balaban J connectivity index is 1.71. The van der Waals surface area contributed by atoms with Crippen LogP contribution in [0, 0.1) is 5.82 Å². The topological polar surface area (TPSA) is 46.3 Å². The van der Waals surface area contributed by atoms with Crippen LogP contribution in [0.5, 0.6) is 0 Å². The van der Waals surface area contributed by atoms with E-state index in [0.29, 0.717) is 17.8 Å². The number of benzene rings is 2. The highest BCUT2D eigenvalue weighted by atomic mass is 19.1. The molecule has 0 atom stereocenters. The molecule has 3 rings (SSSR count). The Morgan fingerprint density at radius 3 is 2.86 bits per heavy atom. The van der Waals surface area contributed by atoms with Gasteiger partial charge < -0.3 is 9.42 Å². The lowest BCUT2D eigenvalue weighted by Crippen LogP contribution is -2.27. The van der Waals surface area contributed by atoms with E-state index < -0.39 is 0 Å². The van der Waals surface area contributed by atoms with Gasteiger partial charge in [0.25, 0.3) is 0 Å². The first-order chi connectivity index (χ1) is 10.6. The highest BCUT2D eigenvalue weighted by Gasteiger charge is 2.15. The molecular weight excluding hydrogens is 283 g/mol. The Hall–Kier alpha value is -2.69. The van der Waals surface area contributed by atoms with Gasteiger partial charge in [-0.25, -0.2) is 4.39 Å². The molecule has 0 saturated heterocycles. The predicted octanol–water partition coefficient (Wildman–Crippen LogP) is 3.17. The van der Waals surface area contributed by atoms with E-state index in [1.165, 1.54) is 12.1 Å². The number of nitrogens with zero attached hydrogens (tertiary/aromatic N) is 2. The van der Waals surface area contributed by atoms with E-state index in [9.17, 15) is 9.18 Å². The summed E-state index contributed by atoms with van der Waals surface area (Å²) in [4.78, 5) is 13.8. The number of halogens is 1. The predicted molar refractivity (Wildman–Crippen MR) is 80.6 cm³/mol. The minimum Gasteiger partial charge on any atom is -0.356 e. The van der Waals surface area contributed by atoms with E-state index in [1.807, 2.05) is 24.3 Å². The van der Waals surface area contributed by atoms with Crippen LogP contribution in [-0.2, 0) is 17.8 Å². The molecule has 4 nitrogen and oxygen atoms in total. The molecule has 0 fully saturated rings. The molecular formula is C17H15FN2O2. The summed E-state index contributed by atoms with van der Waals surface area (Å²) >= 11 is 0. The Morgan fingerprint density at radius 2 is 2.05 bits per heavy atom. The molecule has 5 heteroatoms. The number of amides is 1. The smallest absolute Gasteiger partial charge is 0.228 e. The van der Waals surface area contributed by atoms with Crippen molar-refractivity contribution in [1.82, 2.24) is 10.1 Å². The SMILES string of the molecule is CN(Cc1cccc(F)c1)C(=O)Cc1noc2ccccc12. The van der Waals surface area contributed by atoms with Crippen molar-refractivity contribution < 1.29 is 13.7 Å². The summed E-state index contributed by atoms with van der Waals surface area (Å²) in [5.74, 6) is -0.399. The second-order valence-corrected chi connectivity index (χ2v) is 5.18. The van der Waals surface area contributed by atoms with Crippen molar-refractivity contribution in [2.45, 2.75) is 13.0 Å². The fraction of sp³-hybridized carbons (Fsp3) is 0.176. The summed E-state index contributed by atoms with van der Waals surface area (Å²) in [6.45, 7) is 0.354. The number of hydrogen-bond donors (Lipinski definition) is 0. The van der Waals surface area contributed by atoms with Gasteiger partial charge in [-0.1, -0.05) is 29.4 Å². The van der Waals surface area contributed by atoms with Crippen LogP contribution >= 0.6 is 0 Å². The van der Waals surface area contributed by atoms with Crippen molar-refractivity contribution in [2.75, 3.05) is 7.05 Å². The van der Waals surface area contributed by atoms with Gasteiger partial charge in [0.05, 0.1) is 6.42 Å². The van der Waals surface area contributed by atoms with Crippen LogP contribution in [0.3, 0.4) is 0 Å².